The molecule has 0 aromatic carbocycles. The molecule has 2 heterocycles. The number of nitrogens with one attached hydrogen (secondary N) is 1. The van der Waals surface area contributed by atoms with Gasteiger partial charge in [-0.1, -0.05) is 0 Å². The van der Waals surface area contributed by atoms with E-state index < -0.39 is 0 Å². The summed E-state index contributed by atoms with van der Waals surface area (Å²) in [4.78, 5) is 2.49. The van der Waals surface area contributed by atoms with E-state index in [2.05, 4.69) is 24.2 Å². The van der Waals surface area contributed by atoms with Crippen molar-refractivity contribution in [2.24, 2.45) is 5.41 Å². The molecule has 2 atom stereocenters. The first-order valence-corrected chi connectivity index (χ1v) is 4.66. The molecule has 2 rings (SSSR count). The topological polar surface area (TPSA) is 15.3 Å². The Morgan fingerprint density at radius 1 is 1.31 bits per heavy atom. The minimum Gasteiger partial charge on any atom is -0.316 e. The van der Waals surface area contributed by atoms with E-state index >= 15 is 0 Å². The van der Waals surface area contributed by atoms with Gasteiger partial charge in [-0.3, -0.25) is 0 Å². The van der Waals surface area contributed by atoms with Crippen LogP contribution < -0.4 is 5.32 Å². The molecule has 80 valence electrons. The van der Waals surface area contributed by atoms with Crippen LogP contribution in [0.4, 0.5) is 0 Å². The van der Waals surface area contributed by atoms with Crippen molar-refractivity contribution in [3.05, 3.63) is 0 Å². The SMILES string of the molecule is CC1N(C)CCC12CCNC2.Cl.Cl. The molecule has 4 heteroatoms. The Kier molecular flexibility index (Phi) is 5.02. The summed E-state index contributed by atoms with van der Waals surface area (Å²) < 4.78 is 0. The predicted octanol–water partition coefficient (Wildman–Crippen LogP) is 1.53. The van der Waals surface area contributed by atoms with Crippen LogP contribution >= 0.6 is 24.8 Å². The maximum atomic E-state index is 3.48. The number of hydrogen-bond acceptors (Lipinski definition) is 2. The molecule has 0 aromatic heterocycles. The van der Waals surface area contributed by atoms with Gasteiger partial charge in [0.25, 0.3) is 0 Å². The molecule has 2 aliphatic rings. The van der Waals surface area contributed by atoms with Crippen molar-refractivity contribution in [2.45, 2.75) is 25.8 Å². The number of nitrogens with zero attached hydrogens (tertiary/aromatic N) is 1. The molecule has 2 fully saturated rings. The fourth-order valence-electron chi connectivity index (χ4n) is 2.60. The highest BCUT2D eigenvalue weighted by Crippen LogP contribution is 2.40. The first-order chi connectivity index (χ1) is 5.25. The lowest BCUT2D eigenvalue weighted by molar-refractivity contribution is 0.212. The van der Waals surface area contributed by atoms with Crippen LogP contribution in [-0.2, 0) is 0 Å². The fourth-order valence-corrected chi connectivity index (χ4v) is 2.60. The molecule has 0 aliphatic carbocycles. The quantitative estimate of drug-likeness (QED) is 0.675. The third-order valence-corrected chi connectivity index (χ3v) is 3.79. The van der Waals surface area contributed by atoms with E-state index in [-0.39, 0.29) is 24.8 Å². The maximum Gasteiger partial charge on any atom is 0.0133 e. The van der Waals surface area contributed by atoms with Crippen molar-refractivity contribution < 1.29 is 0 Å². The van der Waals surface area contributed by atoms with Crippen molar-refractivity contribution >= 4 is 24.8 Å². The van der Waals surface area contributed by atoms with E-state index in [4.69, 9.17) is 0 Å². The second kappa shape index (κ2) is 4.83. The normalized spacial score (nSPS) is 38.8. The molecule has 1 spiro atoms. The van der Waals surface area contributed by atoms with E-state index in [1.165, 1.54) is 32.5 Å². The van der Waals surface area contributed by atoms with Gasteiger partial charge in [-0.25, -0.2) is 0 Å². The highest BCUT2D eigenvalue weighted by atomic mass is 35.5. The minimum atomic E-state index is 0. The summed E-state index contributed by atoms with van der Waals surface area (Å²) in [5.41, 5.74) is 0.634. The summed E-state index contributed by atoms with van der Waals surface area (Å²) in [6, 6.07) is 0.789. The molecule has 0 aromatic rings. The Morgan fingerprint density at radius 2 is 2.00 bits per heavy atom. The van der Waals surface area contributed by atoms with Crippen molar-refractivity contribution in [1.29, 1.82) is 0 Å². The molecule has 1 N–H and O–H groups in total. The van der Waals surface area contributed by atoms with Gasteiger partial charge in [-0.2, -0.15) is 0 Å². The fraction of sp³-hybridized carbons (Fsp3) is 1.00. The van der Waals surface area contributed by atoms with Crippen LogP contribution in [0.2, 0.25) is 0 Å². The lowest BCUT2D eigenvalue weighted by Crippen LogP contribution is -2.36. The molecular weight excluding hydrogens is 207 g/mol. The molecule has 2 aliphatic heterocycles. The van der Waals surface area contributed by atoms with Gasteiger partial charge in [0.15, 0.2) is 0 Å². The Labute approximate surface area is 93.3 Å². The van der Waals surface area contributed by atoms with Gasteiger partial charge in [-0.15, -0.1) is 24.8 Å². The molecule has 2 nitrogen and oxygen atoms in total. The minimum absolute atomic E-state index is 0. The summed E-state index contributed by atoms with van der Waals surface area (Å²) in [6.07, 6.45) is 2.79. The Morgan fingerprint density at radius 3 is 2.38 bits per heavy atom. The van der Waals surface area contributed by atoms with Gasteiger partial charge in [0.2, 0.25) is 0 Å². The maximum absolute atomic E-state index is 3.48. The van der Waals surface area contributed by atoms with Crippen LogP contribution in [0, 0.1) is 5.41 Å². The predicted molar refractivity (Wildman–Crippen MR) is 61.1 cm³/mol. The Balaban J connectivity index is 0.000000720. The van der Waals surface area contributed by atoms with Crippen molar-refractivity contribution in [1.82, 2.24) is 10.2 Å². The zero-order valence-electron chi connectivity index (χ0n) is 8.38. The van der Waals surface area contributed by atoms with Crippen LogP contribution in [0.15, 0.2) is 0 Å². The van der Waals surface area contributed by atoms with Crippen LogP contribution in [0.1, 0.15) is 19.8 Å². The summed E-state index contributed by atoms with van der Waals surface area (Å²) >= 11 is 0. The molecule has 13 heavy (non-hydrogen) atoms. The van der Waals surface area contributed by atoms with E-state index in [0.29, 0.717) is 5.41 Å². The van der Waals surface area contributed by atoms with Gasteiger partial charge >= 0.3 is 0 Å². The lowest BCUT2D eigenvalue weighted by atomic mass is 9.80. The van der Waals surface area contributed by atoms with Crippen molar-refractivity contribution in [3.8, 4) is 0 Å². The van der Waals surface area contributed by atoms with Crippen molar-refractivity contribution in [2.75, 3.05) is 26.7 Å². The zero-order chi connectivity index (χ0) is 7.90. The first-order valence-electron chi connectivity index (χ1n) is 4.66. The average molecular weight is 227 g/mol. The molecule has 0 saturated carbocycles. The van der Waals surface area contributed by atoms with Crippen LogP contribution in [-0.4, -0.2) is 37.6 Å². The summed E-state index contributed by atoms with van der Waals surface area (Å²) in [5.74, 6) is 0. The summed E-state index contributed by atoms with van der Waals surface area (Å²) in [6.45, 7) is 6.15. The number of rotatable bonds is 0. The highest BCUT2D eigenvalue weighted by Gasteiger charge is 2.44. The lowest BCUT2D eigenvalue weighted by Gasteiger charge is -2.29. The van der Waals surface area contributed by atoms with Gasteiger partial charge in [-0.05, 0) is 39.9 Å². The molecule has 0 radical (unpaired) electrons. The van der Waals surface area contributed by atoms with E-state index in [1.807, 2.05) is 0 Å². The van der Waals surface area contributed by atoms with E-state index in [0.717, 1.165) is 6.04 Å². The van der Waals surface area contributed by atoms with Gasteiger partial charge < -0.3 is 10.2 Å². The molecule has 0 bridgehead atoms. The number of halogens is 2. The molecule has 0 amide bonds. The second-order valence-electron chi connectivity index (χ2n) is 4.20. The average Bonchev–Trinajstić information content (AvgIpc) is 2.56. The van der Waals surface area contributed by atoms with Gasteiger partial charge in [0.1, 0.15) is 0 Å². The third-order valence-electron chi connectivity index (χ3n) is 3.79. The van der Waals surface area contributed by atoms with E-state index in [1.54, 1.807) is 0 Å². The van der Waals surface area contributed by atoms with Crippen LogP contribution in [0.25, 0.3) is 0 Å². The molecule has 2 saturated heterocycles. The summed E-state index contributed by atoms with van der Waals surface area (Å²) in [7, 11) is 2.25. The van der Waals surface area contributed by atoms with Gasteiger partial charge in [0, 0.05) is 18.0 Å². The number of hydrogen-bond donors (Lipinski definition) is 1. The first kappa shape index (κ1) is 13.5. The standard InChI is InChI=1S/C9H18N2.2ClH/c1-8-9(3-5-10-7-9)4-6-11(8)2;;/h8,10H,3-7H2,1-2H3;2*1H. The highest BCUT2D eigenvalue weighted by molar-refractivity contribution is 5.85. The van der Waals surface area contributed by atoms with Crippen LogP contribution in [0.3, 0.4) is 0 Å². The summed E-state index contributed by atoms with van der Waals surface area (Å²) in [5, 5.41) is 3.48. The molecular formula is C9H20Cl2N2. The van der Waals surface area contributed by atoms with Crippen LogP contribution in [0.5, 0.6) is 0 Å². The van der Waals surface area contributed by atoms with Gasteiger partial charge in [0.05, 0.1) is 0 Å². The third kappa shape index (κ3) is 2.12. The monoisotopic (exact) mass is 226 g/mol. The van der Waals surface area contributed by atoms with E-state index in [9.17, 15) is 0 Å². The Bertz CT molecular complexity index is 158. The molecule has 2 unspecified atom stereocenters. The second-order valence-corrected chi connectivity index (χ2v) is 4.20. The van der Waals surface area contributed by atoms with Crippen molar-refractivity contribution in [3.63, 3.8) is 0 Å². The zero-order valence-corrected chi connectivity index (χ0v) is 10.0. The number of likely N-dealkylation sites (tertiary alicyclic amines) is 1. The Hall–Kier alpha value is 0.500. The largest absolute Gasteiger partial charge is 0.316 e. The smallest absolute Gasteiger partial charge is 0.0133 e.